The number of carbonyl (C=O) groups excluding carboxylic acids is 1. The summed E-state index contributed by atoms with van der Waals surface area (Å²) in [6, 6.07) is 11.3. The Hall–Kier alpha value is -1.63. The van der Waals surface area contributed by atoms with Crippen LogP contribution in [0.5, 0.6) is 0 Å². The second kappa shape index (κ2) is 5.34. The first-order chi connectivity index (χ1) is 8.58. The van der Waals surface area contributed by atoms with E-state index in [9.17, 15) is 9.18 Å². The van der Waals surface area contributed by atoms with E-state index in [1.165, 1.54) is 18.2 Å². The van der Waals surface area contributed by atoms with Crippen LogP contribution < -0.4 is 11.1 Å². The van der Waals surface area contributed by atoms with E-state index in [4.69, 9.17) is 5.73 Å². The number of benzene rings is 2. The molecule has 0 saturated carbocycles. The molecule has 2 aromatic rings. The SMILES string of the molecule is Nc1cc(C(=O)Nc2ccccc2I)ccc1F. The van der Waals surface area contributed by atoms with Gasteiger partial charge in [0.05, 0.1) is 11.4 Å². The molecule has 2 aromatic carbocycles. The summed E-state index contributed by atoms with van der Waals surface area (Å²) in [5.41, 5.74) is 6.43. The van der Waals surface area contributed by atoms with Crippen molar-refractivity contribution in [1.29, 1.82) is 0 Å². The molecular formula is C13H10FIN2O. The standard InChI is InChI=1S/C13H10FIN2O/c14-9-6-5-8(7-11(9)16)13(18)17-12-4-2-1-3-10(12)15/h1-7H,16H2,(H,17,18). The number of nitrogen functional groups attached to an aromatic ring is 1. The van der Waals surface area contributed by atoms with Crippen LogP contribution in [0.4, 0.5) is 15.8 Å². The second-order valence-electron chi connectivity index (χ2n) is 3.67. The summed E-state index contributed by atoms with van der Waals surface area (Å²) in [5, 5.41) is 2.75. The predicted molar refractivity (Wildman–Crippen MR) is 77.9 cm³/mol. The van der Waals surface area contributed by atoms with Gasteiger partial charge < -0.3 is 11.1 Å². The molecule has 0 spiro atoms. The van der Waals surface area contributed by atoms with Crippen molar-refractivity contribution in [2.24, 2.45) is 0 Å². The molecule has 3 nitrogen and oxygen atoms in total. The van der Waals surface area contributed by atoms with Gasteiger partial charge in [0.1, 0.15) is 5.82 Å². The van der Waals surface area contributed by atoms with Gasteiger partial charge in [-0.25, -0.2) is 4.39 Å². The summed E-state index contributed by atoms with van der Waals surface area (Å²) in [4.78, 5) is 11.9. The lowest BCUT2D eigenvalue weighted by molar-refractivity contribution is 0.102. The van der Waals surface area contributed by atoms with Crippen LogP contribution in [0.15, 0.2) is 42.5 Å². The molecule has 0 saturated heterocycles. The van der Waals surface area contributed by atoms with Crippen LogP contribution in [0, 0.1) is 9.39 Å². The first-order valence-corrected chi connectivity index (χ1v) is 6.26. The third-order valence-corrected chi connectivity index (χ3v) is 3.32. The number of amides is 1. The van der Waals surface area contributed by atoms with Crippen molar-refractivity contribution in [2.75, 3.05) is 11.1 Å². The molecule has 0 bridgehead atoms. The lowest BCUT2D eigenvalue weighted by atomic mass is 10.2. The molecule has 0 aromatic heterocycles. The van der Waals surface area contributed by atoms with Gasteiger partial charge in [-0.2, -0.15) is 0 Å². The number of nitrogens with one attached hydrogen (secondary N) is 1. The Labute approximate surface area is 117 Å². The Bertz CT molecular complexity index is 601. The van der Waals surface area contributed by atoms with Crippen LogP contribution in [0.1, 0.15) is 10.4 Å². The van der Waals surface area contributed by atoms with Crippen LogP contribution in [-0.4, -0.2) is 5.91 Å². The van der Waals surface area contributed by atoms with E-state index in [1.54, 1.807) is 6.07 Å². The van der Waals surface area contributed by atoms with Crippen molar-refractivity contribution in [1.82, 2.24) is 0 Å². The third kappa shape index (κ3) is 2.79. The molecule has 1 amide bonds. The van der Waals surface area contributed by atoms with Crippen LogP contribution >= 0.6 is 22.6 Å². The van der Waals surface area contributed by atoms with E-state index >= 15 is 0 Å². The van der Waals surface area contributed by atoms with Crippen molar-refractivity contribution >= 4 is 39.9 Å². The fourth-order valence-electron chi connectivity index (χ4n) is 1.44. The number of para-hydroxylation sites is 1. The number of anilines is 2. The normalized spacial score (nSPS) is 10.1. The van der Waals surface area contributed by atoms with Crippen molar-refractivity contribution in [3.63, 3.8) is 0 Å². The summed E-state index contributed by atoms with van der Waals surface area (Å²) in [6.45, 7) is 0. The molecular weight excluding hydrogens is 346 g/mol. The highest BCUT2D eigenvalue weighted by Gasteiger charge is 2.09. The molecule has 0 atom stereocenters. The van der Waals surface area contributed by atoms with Crippen molar-refractivity contribution in [3.05, 3.63) is 57.4 Å². The highest BCUT2D eigenvalue weighted by atomic mass is 127. The van der Waals surface area contributed by atoms with E-state index in [0.29, 0.717) is 11.3 Å². The molecule has 0 aliphatic carbocycles. The van der Waals surface area contributed by atoms with Gasteiger partial charge in [0, 0.05) is 9.13 Å². The first-order valence-electron chi connectivity index (χ1n) is 5.19. The molecule has 2 rings (SSSR count). The lowest BCUT2D eigenvalue weighted by Crippen LogP contribution is -2.13. The zero-order valence-electron chi connectivity index (χ0n) is 9.28. The maximum absolute atomic E-state index is 13.0. The van der Waals surface area contributed by atoms with Gasteiger partial charge in [-0.15, -0.1) is 0 Å². The highest BCUT2D eigenvalue weighted by molar-refractivity contribution is 14.1. The quantitative estimate of drug-likeness (QED) is 0.641. The molecule has 3 N–H and O–H groups in total. The van der Waals surface area contributed by atoms with E-state index in [-0.39, 0.29) is 11.6 Å². The Balaban J connectivity index is 2.22. The number of rotatable bonds is 2. The van der Waals surface area contributed by atoms with Crippen molar-refractivity contribution < 1.29 is 9.18 Å². The average molecular weight is 356 g/mol. The van der Waals surface area contributed by atoms with Crippen LogP contribution in [-0.2, 0) is 0 Å². The zero-order chi connectivity index (χ0) is 13.1. The third-order valence-electron chi connectivity index (χ3n) is 2.38. The maximum Gasteiger partial charge on any atom is 0.255 e. The molecule has 0 aliphatic heterocycles. The first kappa shape index (κ1) is 12.8. The zero-order valence-corrected chi connectivity index (χ0v) is 11.4. The van der Waals surface area contributed by atoms with E-state index < -0.39 is 5.82 Å². The Morgan fingerprint density at radius 3 is 2.61 bits per heavy atom. The van der Waals surface area contributed by atoms with Gasteiger partial charge in [-0.3, -0.25) is 4.79 Å². The summed E-state index contributed by atoms with van der Waals surface area (Å²) < 4.78 is 13.9. The van der Waals surface area contributed by atoms with E-state index in [2.05, 4.69) is 27.9 Å². The number of halogens is 2. The van der Waals surface area contributed by atoms with E-state index in [0.717, 1.165) is 3.57 Å². The van der Waals surface area contributed by atoms with Crippen molar-refractivity contribution in [2.45, 2.75) is 0 Å². The van der Waals surface area contributed by atoms with Gasteiger partial charge in [0.2, 0.25) is 0 Å². The van der Waals surface area contributed by atoms with Crippen LogP contribution in [0.2, 0.25) is 0 Å². The van der Waals surface area contributed by atoms with Gasteiger partial charge in [0.25, 0.3) is 5.91 Å². The molecule has 92 valence electrons. The molecule has 18 heavy (non-hydrogen) atoms. The number of hydrogen-bond acceptors (Lipinski definition) is 2. The molecule has 0 heterocycles. The van der Waals surface area contributed by atoms with Gasteiger partial charge in [0.15, 0.2) is 0 Å². The maximum atomic E-state index is 13.0. The highest BCUT2D eigenvalue weighted by Crippen LogP contribution is 2.19. The van der Waals surface area contributed by atoms with Gasteiger partial charge >= 0.3 is 0 Å². The molecule has 0 unspecified atom stereocenters. The van der Waals surface area contributed by atoms with Gasteiger partial charge in [-0.05, 0) is 52.9 Å². The minimum Gasteiger partial charge on any atom is -0.396 e. The van der Waals surface area contributed by atoms with E-state index in [1.807, 2.05) is 18.2 Å². The van der Waals surface area contributed by atoms with Crippen LogP contribution in [0.25, 0.3) is 0 Å². The Morgan fingerprint density at radius 1 is 1.22 bits per heavy atom. The van der Waals surface area contributed by atoms with Crippen LogP contribution in [0.3, 0.4) is 0 Å². The largest absolute Gasteiger partial charge is 0.396 e. The Morgan fingerprint density at radius 2 is 1.94 bits per heavy atom. The summed E-state index contributed by atoms with van der Waals surface area (Å²) >= 11 is 2.13. The number of carbonyl (C=O) groups is 1. The smallest absolute Gasteiger partial charge is 0.255 e. The number of nitrogens with two attached hydrogens (primary N) is 1. The fourth-order valence-corrected chi connectivity index (χ4v) is 1.96. The second-order valence-corrected chi connectivity index (χ2v) is 4.83. The minimum absolute atomic E-state index is 0.0367. The van der Waals surface area contributed by atoms with Gasteiger partial charge in [-0.1, -0.05) is 12.1 Å². The molecule has 0 radical (unpaired) electrons. The average Bonchev–Trinajstić information content (AvgIpc) is 2.35. The number of hydrogen-bond donors (Lipinski definition) is 2. The monoisotopic (exact) mass is 356 g/mol. The van der Waals surface area contributed by atoms with Crippen molar-refractivity contribution in [3.8, 4) is 0 Å². The molecule has 0 fully saturated rings. The molecule has 5 heteroatoms. The predicted octanol–water partition coefficient (Wildman–Crippen LogP) is 3.26. The summed E-state index contributed by atoms with van der Waals surface area (Å²) in [6.07, 6.45) is 0. The fraction of sp³-hybridized carbons (Fsp3) is 0. The summed E-state index contributed by atoms with van der Waals surface area (Å²) in [5.74, 6) is -0.841. The Kier molecular flexibility index (Phi) is 3.81. The topological polar surface area (TPSA) is 55.1 Å². The lowest BCUT2D eigenvalue weighted by Gasteiger charge is -2.07. The minimum atomic E-state index is -0.527. The summed E-state index contributed by atoms with van der Waals surface area (Å²) in [7, 11) is 0. The molecule has 0 aliphatic rings.